The highest BCUT2D eigenvalue weighted by atomic mass is 16.5. The molecule has 1 aliphatic rings. The maximum Gasteiger partial charge on any atom is 0.137 e. The van der Waals surface area contributed by atoms with Gasteiger partial charge in [0.15, 0.2) is 0 Å². The molecule has 0 saturated carbocycles. The summed E-state index contributed by atoms with van der Waals surface area (Å²) < 4.78 is 9.86. The Hall–Kier alpha value is -8.93. The molecular weight excluding hydrogens is 1020 g/mol. The zero-order chi connectivity index (χ0) is 58.8. The Bertz CT molecular complexity index is 4220. The Morgan fingerprint density at radius 2 is 0.821 bits per heavy atom. The van der Waals surface area contributed by atoms with Gasteiger partial charge >= 0.3 is 0 Å². The van der Waals surface area contributed by atoms with Crippen molar-refractivity contribution in [2.45, 2.75) is 110 Å². The van der Waals surface area contributed by atoms with Crippen LogP contribution in [0.5, 0.6) is 11.5 Å². The van der Waals surface area contributed by atoms with Crippen LogP contribution in [0.1, 0.15) is 116 Å². The van der Waals surface area contributed by atoms with Crippen LogP contribution in [0.3, 0.4) is 0 Å². The fourth-order valence-electron chi connectivity index (χ4n) is 12.9. The van der Waals surface area contributed by atoms with Crippen LogP contribution in [0.4, 0.5) is 11.4 Å². The molecule has 420 valence electrons. The van der Waals surface area contributed by atoms with E-state index in [1.54, 1.807) is 0 Å². The molecule has 0 fully saturated rings. The van der Waals surface area contributed by atoms with Gasteiger partial charge in [-0.3, -0.25) is 4.57 Å². The lowest BCUT2D eigenvalue weighted by molar-refractivity contribution is 0.480. The molecule has 0 amide bonds. The summed E-state index contributed by atoms with van der Waals surface area (Å²) in [4.78, 5) is 10.4. The van der Waals surface area contributed by atoms with Crippen LogP contribution in [0.15, 0.2) is 254 Å². The summed E-state index contributed by atoms with van der Waals surface area (Å²) in [6.45, 7) is 28.7. The molecular formula is C79H78N4O. The van der Waals surface area contributed by atoms with Gasteiger partial charge in [-0.25, -0.2) is 4.98 Å². The fraction of sp³-hybridized carbons (Fsp3) is 0.228. The number of para-hydroxylation sites is 1. The summed E-state index contributed by atoms with van der Waals surface area (Å²) in [5, 5.41) is 2.39. The van der Waals surface area contributed by atoms with Crippen molar-refractivity contribution in [2.75, 3.05) is 16.5 Å². The molecule has 3 heterocycles. The first-order valence-corrected chi connectivity index (χ1v) is 29.8. The van der Waals surface area contributed by atoms with Gasteiger partial charge in [0.05, 0.1) is 29.1 Å². The SMILES string of the molecule is CC(C)(C)c1cc(-c2ccccc2)cc(N2CN(c3cc(Oc4cc(C(C)(C)C)c5c6ccccc6n(-c6cc(C(C)(C)c7ccccc7)ccn6)c5c4)cc(-c4ccccc4)c3)C(C(C)(C)c3ccccc3)=C2C(C)(C)c2ccccc2)c1. The van der Waals surface area contributed by atoms with Crippen molar-refractivity contribution >= 4 is 33.2 Å². The van der Waals surface area contributed by atoms with Crippen LogP contribution < -0.4 is 14.5 Å². The molecule has 12 rings (SSSR count). The fourth-order valence-corrected chi connectivity index (χ4v) is 12.9. The molecule has 0 unspecified atom stereocenters. The van der Waals surface area contributed by atoms with Crippen molar-refractivity contribution in [1.82, 2.24) is 9.55 Å². The number of aromatic nitrogens is 2. The van der Waals surface area contributed by atoms with Gasteiger partial charge in [0, 0.05) is 56.7 Å². The van der Waals surface area contributed by atoms with Gasteiger partial charge in [-0.15, -0.1) is 0 Å². The first-order chi connectivity index (χ1) is 40.2. The minimum absolute atomic E-state index is 0.121. The van der Waals surface area contributed by atoms with Crippen molar-refractivity contribution in [2.24, 2.45) is 0 Å². The number of anilines is 2. The van der Waals surface area contributed by atoms with Crippen LogP contribution in [0, 0.1) is 0 Å². The Labute approximate surface area is 498 Å². The first kappa shape index (κ1) is 55.6. The summed E-state index contributed by atoms with van der Waals surface area (Å²) in [6, 6.07) is 86.4. The lowest BCUT2D eigenvalue weighted by atomic mass is 9.73. The van der Waals surface area contributed by atoms with E-state index in [-0.39, 0.29) is 16.2 Å². The van der Waals surface area contributed by atoms with Gasteiger partial charge in [0.2, 0.25) is 0 Å². The highest BCUT2D eigenvalue weighted by molar-refractivity contribution is 6.11. The number of hydrogen-bond acceptors (Lipinski definition) is 4. The first-order valence-electron chi connectivity index (χ1n) is 29.8. The average molecular weight is 1100 g/mol. The van der Waals surface area contributed by atoms with Crippen molar-refractivity contribution in [3.8, 4) is 39.6 Å². The van der Waals surface area contributed by atoms with E-state index in [2.05, 4.69) is 334 Å². The van der Waals surface area contributed by atoms with Crippen LogP contribution in [0.25, 0.3) is 49.9 Å². The van der Waals surface area contributed by atoms with Gasteiger partial charge in [-0.2, -0.15) is 0 Å². The summed E-state index contributed by atoms with van der Waals surface area (Å²) in [5.41, 5.74) is 17.2. The second kappa shape index (κ2) is 21.4. The van der Waals surface area contributed by atoms with Gasteiger partial charge < -0.3 is 14.5 Å². The molecule has 0 bridgehead atoms. The van der Waals surface area contributed by atoms with E-state index in [0.717, 1.165) is 50.9 Å². The third-order valence-corrected chi connectivity index (χ3v) is 17.7. The maximum atomic E-state index is 7.52. The van der Waals surface area contributed by atoms with E-state index in [0.29, 0.717) is 6.67 Å². The van der Waals surface area contributed by atoms with Gasteiger partial charge in [-0.05, 0) is 115 Å². The molecule has 9 aromatic carbocycles. The Balaban J connectivity index is 1.09. The van der Waals surface area contributed by atoms with E-state index >= 15 is 0 Å². The van der Waals surface area contributed by atoms with E-state index in [1.165, 1.54) is 66.7 Å². The minimum Gasteiger partial charge on any atom is -0.457 e. The normalized spacial score (nSPS) is 13.6. The number of rotatable bonds is 13. The quantitative estimate of drug-likeness (QED) is 0.115. The summed E-state index contributed by atoms with van der Waals surface area (Å²) in [5.74, 6) is 2.37. The predicted molar refractivity (Wildman–Crippen MR) is 354 cm³/mol. The van der Waals surface area contributed by atoms with Crippen LogP contribution >= 0.6 is 0 Å². The molecule has 1 aliphatic heterocycles. The van der Waals surface area contributed by atoms with Crippen molar-refractivity contribution < 1.29 is 4.74 Å². The zero-order valence-corrected chi connectivity index (χ0v) is 51.0. The molecule has 11 aromatic rings. The third-order valence-electron chi connectivity index (χ3n) is 17.7. The van der Waals surface area contributed by atoms with E-state index in [1.807, 2.05) is 6.20 Å². The number of hydrogen-bond donors (Lipinski definition) is 0. The molecule has 5 heteroatoms. The molecule has 0 aliphatic carbocycles. The van der Waals surface area contributed by atoms with E-state index < -0.39 is 10.8 Å². The predicted octanol–water partition coefficient (Wildman–Crippen LogP) is 20.7. The van der Waals surface area contributed by atoms with Crippen molar-refractivity contribution in [1.29, 1.82) is 0 Å². The Morgan fingerprint density at radius 1 is 0.357 bits per heavy atom. The van der Waals surface area contributed by atoms with Crippen molar-refractivity contribution in [3.63, 3.8) is 0 Å². The van der Waals surface area contributed by atoms with E-state index in [9.17, 15) is 0 Å². The second-order valence-electron chi connectivity index (χ2n) is 26.6. The molecule has 0 N–H and O–H groups in total. The van der Waals surface area contributed by atoms with Crippen LogP contribution in [0.2, 0.25) is 0 Å². The molecule has 2 aromatic heterocycles. The number of pyridine rings is 1. The zero-order valence-electron chi connectivity index (χ0n) is 51.0. The Morgan fingerprint density at radius 3 is 1.35 bits per heavy atom. The molecule has 0 radical (unpaired) electrons. The lowest BCUT2D eigenvalue weighted by Gasteiger charge is -2.38. The summed E-state index contributed by atoms with van der Waals surface area (Å²) >= 11 is 0. The highest BCUT2D eigenvalue weighted by Crippen LogP contribution is 2.52. The number of nitrogens with zero attached hydrogens (tertiary/aromatic N) is 4. The standard InChI is InChI=1S/C79H78N4O/c1-75(2,3)62-44-56(54-30-18-13-19-31-54)45-63(48-62)81-53-82(74(79(11,12)60-38-26-17-27-39-60)73(81)78(9,10)59-36-24-16-25-37-59)64-46-57(55-32-20-14-21-33-55)47-65(50-64)84-66-51-68(76(4,5)6)72-67-40-28-29-41-69(67)83(70(72)52-66)71-49-61(42-43-80-71)77(7,8)58-34-22-15-23-35-58/h13-52H,53H2,1-12H3. The number of allylic oxidation sites excluding steroid dienone is 2. The van der Waals surface area contributed by atoms with Gasteiger partial charge in [0.1, 0.15) is 17.3 Å². The number of fused-ring (bicyclic) bond motifs is 3. The minimum atomic E-state index is -0.493. The average Bonchev–Trinajstić information content (AvgIpc) is 1.92. The molecule has 0 saturated heterocycles. The van der Waals surface area contributed by atoms with E-state index in [4.69, 9.17) is 9.72 Å². The summed E-state index contributed by atoms with van der Waals surface area (Å²) in [7, 11) is 0. The Kier molecular flexibility index (Phi) is 14.1. The molecule has 84 heavy (non-hydrogen) atoms. The smallest absolute Gasteiger partial charge is 0.137 e. The largest absolute Gasteiger partial charge is 0.457 e. The lowest BCUT2D eigenvalue weighted by Crippen LogP contribution is -2.34. The van der Waals surface area contributed by atoms with Crippen molar-refractivity contribution in [3.05, 3.63) is 288 Å². The summed E-state index contributed by atoms with van der Waals surface area (Å²) in [6.07, 6.45) is 1.97. The molecule has 0 spiro atoms. The monoisotopic (exact) mass is 1100 g/mol. The van der Waals surface area contributed by atoms with Crippen LogP contribution in [-0.4, -0.2) is 16.2 Å². The van der Waals surface area contributed by atoms with Crippen LogP contribution in [-0.2, 0) is 27.1 Å². The second-order valence-corrected chi connectivity index (χ2v) is 26.6. The third kappa shape index (κ3) is 10.3. The molecule has 0 atom stereocenters. The van der Waals surface area contributed by atoms with Gasteiger partial charge in [-0.1, -0.05) is 259 Å². The van der Waals surface area contributed by atoms with Gasteiger partial charge in [0.25, 0.3) is 0 Å². The highest BCUT2D eigenvalue weighted by Gasteiger charge is 2.47. The number of benzene rings is 9. The number of ether oxygens (including phenoxy) is 1. The molecule has 5 nitrogen and oxygen atoms in total. The maximum absolute atomic E-state index is 7.52. The topological polar surface area (TPSA) is 33.5 Å².